The number of ether oxygens (including phenoxy) is 1. The summed E-state index contributed by atoms with van der Waals surface area (Å²) in [5.74, 6) is -0.0403. The molecule has 0 radical (unpaired) electrons. The predicted molar refractivity (Wildman–Crippen MR) is 66.5 cm³/mol. The molecule has 1 aliphatic rings. The summed E-state index contributed by atoms with van der Waals surface area (Å²) in [4.78, 5) is 11.6. The average molecular weight is 233 g/mol. The lowest BCUT2D eigenvalue weighted by Crippen LogP contribution is -2.37. The van der Waals surface area contributed by atoms with Crippen LogP contribution in [0.4, 0.5) is 0 Å². The Kier molecular flexibility index (Phi) is 4.15. The van der Waals surface area contributed by atoms with E-state index in [-0.39, 0.29) is 11.9 Å². The smallest absolute Gasteiger partial charge is 0.310 e. The van der Waals surface area contributed by atoms with Crippen molar-refractivity contribution in [2.45, 2.75) is 25.8 Å². The van der Waals surface area contributed by atoms with E-state index in [4.69, 9.17) is 4.74 Å². The van der Waals surface area contributed by atoms with Gasteiger partial charge < -0.3 is 10.1 Å². The van der Waals surface area contributed by atoms with Gasteiger partial charge in [0.2, 0.25) is 0 Å². The van der Waals surface area contributed by atoms with Gasteiger partial charge in [-0.05, 0) is 25.3 Å². The molecule has 0 aromatic heterocycles. The van der Waals surface area contributed by atoms with E-state index in [1.807, 2.05) is 13.0 Å². The van der Waals surface area contributed by atoms with Crippen LogP contribution in [0.1, 0.15) is 31.4 Å². The van der Waals surface area contributed by atoms with Crippen LogP contribution in [0.15, 0.2) is 30.3 Å². The second kappa shape index (κ2) is 5.82. The number of hydrogen-bond donors (Lipinski definition) is 1. The lowest BCUT2D eigenvalue weighted by Gasteiger charge is -2.28. The molecular formula is C14H19NO2. The maximum atomic E-state index is 11.6. The fourth-order valence-corrected chi connectivity index (χ4v) is 2.29. The van der Waals surface area contributed by atoms with Gasteiger partial charge in [-0.2, -0.15) is 0 Å². The van der Waals surface area contributed by atoms with Gasteiger partial charge in [-0.15, -0.1) is 0 Å². The molecule has 3 heteroatoms. The number of piperidine rings is 1. The summed E-state index contributed by atoms with van der Waals surface area (Å²) in [6, 6.07) is 10.8. The highest BCUT2D eigenvalue weighted by Gasteiger charge is 2.27. The first-order valence-electron chi connectivity index (χ1n) is 6.26. The second-order valence-corrected chi connectivity index (χ2v) is 4.40. The molecule has 1 aromatic carbocycles. The minimum absolute atomic E-state index is 0.0231. The van der Waals surface area contributed by atoms with Crippen LogP contribution in [0, 0.1) is 5.92 Å². The predicted octanol–water partition coefficient (Wildman–Crippen LogP) is 2.29. The van der Waals surface area contributed by atoms with Crippen molar-refractivity contribution in [3.05, 3.63) is 35.9 Å². The Labute approximate surface area is 102 Å². The lowest BCUT2D eigenvalue weighted by atomic mass is 9.91. The first-order chi connectivity index (χ1) is 8.31. The highest BCUT2D eigenvalue weighted by atomic mass is 16.5. The zero-order chi connectivity index (χ0) is 12.1. The fraction of sp³-hybridized carbons (Fsp3) is 0.500. The van der Waals surface area contributed by atoms with E-state index in [1.54, 1.807) is 0 Å². The number of rotatable bonds is 3. The van der Waals surface area contributed by atoms with Gasteiger partial charge in [0, 0.05) is 12.6 Å². The summed E-state index contributed by atoms with van der Waals surface area (Å²) in [5, 5.41) is 3.42. The number of benzene rings is 1. The van der Waals surface area contributed by atoms with E-state index in [0.29, 0.717) is 12.6 Å². The van der Waals surface area contributed by atoms with Crippen LogP contribution in [0.5, 0.6) is 0 Å². The molecule has 2 atom stereocenters. The monoisotopic (exact) mass is 233 g/mol. The molecule has 0 bridgehead atoms. The Morgan fingerprint density at radius 2 is 2.12 bits per heavy atom. The lowest BCUT2D eigenvalue weighted by molar-refractivity contribution is -0.148. The van der Waals surface area contributed by atoms with Crippen LogP contribution in [0.2, 0.25) is 0 Å². The molecule has 1 aliphatic heterocycles. The van der Waals surface area contributed by atoms with Crippen molar-refractivity contribution >= 4 is 5.97 Å². The van der Waals surface area contributed by atoms with E-state index in [9.17, 15) is 4.79 Å². The first-order valence-corrected chi connectivity index (χ1v) is 6.26. The normalized spacial score (nSPS) is 24.3. The largest absolute Gasteiger partial charge is 0.466 e. The number of hydrogen-bond acceptors (Lipinski definition) is 3. The summed E-state index contributed by atoms with van der Waals surface area (Å²) >= 11 is 0. The van der Waals surface area contributed by atoms with Crippen LogP contribution >= 0.6 is 0 Å². The maximum absolute atomic E-state index is 11.6. The Morgan fingerprint density at radius 1 is 1.35 bits per heavy atom. The molecule has 1 heterocycles. The molecule has 0 saturated carbocycles. The van der Waals surface area contributed by atoms with Gasteiger partial charge in [0.25, 0.3) is 0 Å². The fourth-order valence-electron chi connectivity index (χ4n) is 2.29. The van der Waals surface area contributed by atoms with E-state index >= 15 is 0 Å². The van der Waals surface area contributed by atoms with E-state index in [2.05, 4.69) is 29.6 Å². The van der Waals surface area contributed by atoms with Gasteiger partial charge in [-0.3, -0.25) is 4.79 Å². The SMILES string of the molecule is CCOC(=O)[C@H]1CC[C@@H](c2ccccc2)NC1. The molecule has 2 rings (SSSR count). The van der Waals surface area contributed by atoms with Crippen molar-refractivity contribution in [3.8, 4) is 0 Å². The molecule has 1 fully saturated rings. The number of carbonyl (C=O) groups excluding carboxylic acids is 1. The summed E-state index contributed by atoms with van der Waals surface area (Å²) < 4.78 is 5.04. The first kappa shape index (κ1) is 12.1. The summed E-state index contributed by atoms with van der Waals surface area (Å²) in [5.41, 5.74) is 1.30. The Balaban J connectivity index is 1.88. The average Bonchev–Trinajstić information content (AvgIpc) is 2.40. The highest BCUT2D eigenvalue weighted by Crippen LogP contribution is 2.26. The van der Waals surface area contributed by atoms with Crippen molar-refractivity contribution < 1.29 is 9.53 Å². The van der Waals surface area contributed by atoms with Crippen molar-refractivity contribution in [3.63, 3.8) is 0 Å². The molecule has 0 spiro atoms. The number of carbonyl (C=O) groups is 1. The third-order valence-electron chi connectivity index (χ3n) is 3.24. The van der Waals surface area contributed by atoms with E-state index in [1.165, 1.54) is 5.56 Å². The van der Waals surface area contributed by atoms with Gasteiger partial charge in [-0.1, -0.05) is 30.3 Å². The topological polar surface area (TPSA) is 38.3 Å². The van der Waals surface area contributed by atoms with Crippen molar-refractivity contribution in [1.29, 1.82) is 0 Å². The molecule has 1 aromatic rings. The van der Waals surface area contributed by atoms with Crippen LogP contribution in [-0.4, -0.2) is 19.1 Å². The van der Waals surface area contributed by atoms with Crippen LogP contribution in [0.25, 0.3) is 0 Å². The minimum atomic E-state index is -0.0634. The molecular weight excluding hydrogens is 214 g/mol. The van der Waals surface area contributed by atoms with Gasteiger partial charge in [0.1, 0.15) is 0 Å². The molecule has 0 amide bonds. The van der Waals surface area contributed by atoms with Crippen molar-refractivity contribution in [2.24, 2.45) is 5.92 Å². The standard InChI is InChI=1S/C14H19NO2/c1-2-17-14(16)12-8-9-13(15-10-12)11-6-4-3-5-7-11/h3-7,12-13,15H,2,8-10H2,1H3/t12-,13-/m0/s1. The highest BCUT2D eigenvalue weighted by molar-refractivity contribution is 5.72. The van der Waals surface area contributed by atoms with Gasteiger partial charge in [0.05, 0.1) is 12.5 Å². The third kappa shape index (κ3) is 3.07. The van der Waals surface area contributed by atoms with Gasteiger partial charge in [0.15, 0.2) is 0 Å². The zero-order valence-corrected chi connectivity index (χ0v) is 10.2. The van der Waals surface area contributed by atoms with Crippen molar-refractivity contribution in [2.75, 3.05) is 13.2 Å². The van der Waals surface area contributed by atoms with Gasteiger partial charge >= 0.3 is 5.97 Å². The Morgan fingerprint density at radius 3 is 2.71 bits per heavy atom. The van der Waals surface area contributed by atoms with Crippen LogP contribution in [0.3, 0.4) is 0 Å². The van der Waals surface area contributed by atoms with Crippen LogP contribution < -0.4 is 5.32 Å². The van der Waals surface area contributed by atoms with Gasteiger partial charge in [-0.25, -0.2) is 0 Å². The molecule has 0 unspecified atom stereocenters. The number of nitrogens with one attached hydrogen (secondary N) is 1. The molecule has 1 saturated heterocycles. The van der Waals surface area contributed by atoms with E-state index < -0.39 is 0 Å². The maximum Gasteiger partial charge on any atom is 0.310 e. The zero-order valence-electron chi connectivity index (χ0n) is 10.2. The minimum Gasteiger partial charge on any atom is -0.466 e. The molecule has 92 valence electrons. The molecule has 17 heavy (non-hydrogen) atoms. The Hall–Kier alpha value is -1.35. The van der Waals surface area contributed by atoms with Crippen molar-refractivity contribution in [1.82, 2.24) is 5.32 Å². The third-order valence-corrected chi connectivity index (χ3v) is 3.24. The summed E-state index contributed by atoms with van der Waals surface area (Å²) in [6.45, 7) is 3.04. The summed E-state index contributed by atoms with van der Waals surface area (Å²) in [7, 11) is 0. The Bertz CT molecular complexity index is 356. The second-order valence-electron chi connectivity index (χ2n) is 4.40. The van der Waals surface area contributed by atoms with Crippen LogP contribution in [-0.2, 0) is 9.53 Å². The quantitative estimate of drug-likeness (QED) is 0.814. The summed E-state index contributed by atoms with van der Waals surface area (Å²) in [6.07, 6.45) is 1.90. The molecule has 1 N–H and O–H groups in total. The molecule has 3 nitrogen and oxygen atoms in total. The van der Waals surface area contributed by atoms with E-state index in [0.717, 1.165) is 19.4 Å². The molecule has 0 aliphatic carbocycles. The number of esters is 1.